The van der Waals surface area contributed by atoms with Gasteiger partial charge in [0, 0.05) is 13.7 Å². The summed E-state index contributed by atoms with van der Waals surface area (Å²) in [4.78, 5) is 0. The minimum atomic E-state index is 0.262. The van der Waals surface area contributed by atoms with Crippen molar-refractivity contribution in [1.82, 2.24) is 4.31 Å². The molecule has 3 heteroatoms. The number of hydrogen-bond donors (Lipinski definition) is 1. The predicted octanol–water partition coefficient (Wildman–Crippen LogP) is 0.899. The Morgan fingerprint density at radius 3 is 2.75 bits per heavy atom. The van der Waals surface area contributed by atoms with Crippen molar-refractivity contribution < 1.29 is 4.74 Å². The summed E-state index contributed by atoms with van der Waals surface area (Å²) in [5.41, 5.74) is 0. The summed E-state index contributed by atoms with van der Waals surface area (Å²) in [5, 5.41) is 0. The lowest BCUT2D eigenvalue weighted by Gasteiger charge is -2.14. The molecule has 1 aliphatic rings. The third kappa shape index (κ3) is 1.16. The van der Waals surface area contributed by atoms with E-state index in [4.69, 9.17) is 4.74 Å². The number of nitrogens with zero attached hydrogens (tertiary/aromatic N) is 1. The monoisotopic (exact) mass is 133 g/mol. The van der Waals surface area contributed by atoms with E-state index in [1.165, 1.54) is 6.42 Å². The molecule has 1 unspecified atom stereocenters. The highest BCUT2D eigenvalue weighted by Gasteiger charge is 2.20. The molecule has 0 aromatic carbocycles. The van der Waals surface area contributed by atoms with Crippen LogP contribution in [-0.4, -0.2) is 24.2 Å². The molecule has 8 heavy (non-hydrogen) atoms. The summed E-state index contributed by atoms with van der Waals surface area (Å²) >= 11 is 4.18. The normalized spacial score (nSPS) is 31.5. The molecule has 1 atom stereocenters. The van der Waals surface area contributed by atoms with Crippen molar-refractivity contribution >= 4 is 12.8 Å². The lowest BCUT2D eigenvalue weighted by Crippen LogP contribution is -2.21. The fourth-order valence-corrected chi connectivity index (χ4v) is 1.31. The van der Waals surface area contributed by atoms with E-state index in [-0.39, 0.29) is 6.23 Å². The van der Waals surface area contributed by atoms with Gasteiger partial charge in [-0.2, -0.15) is 0 Å². The zero-order valence-electron chi connectivity index (χ0n) is 5.00. The second-order valence-electron chi connectivity index (χ2n) is 2.00. The highest BCUT2D eigenvalue weighted by molar-refractivity contribution is 7.77. The highest BCUT2D eigenvalue weighted by Crippen LogP contribution is 2.18. The zero-order chi connectivity index (χ0) is 5.98. The molecule has 1 rings (SSSR count). The van der Waals surface area contributed by atoms with Gasteiger partial charge in [0.1, 0.15) is 6.23 Å². The molecule has 0 radical (unpaired) electrons. The van der Waals surface area contributed by atoms with E-state index in [1.807, 2.05) is 4.31 Å². The largest absolute Gasteiger partial charge is 0.366 e. The molecule has 2 nitrogen and oxygen atoms in total. The topological polar surface area (TPSA) is 12.5 Å². The molecule has 0 saturated carbocycles. The summed E-state index contributed by atoms with van der Waals surface area (Å²) in [5.74, 6) is 0. The van der Waals surface area contributed by atoms with Gasteiger partial charge in [-0.15, -0.1) is 0 Å². The van der Waals surface area contributed by atoms with Crippen molar-refractivity contribution in [3.63, 3.8) is 0 Å². The van der Waals surface area contributed by atoms with Gasteiger partial charge in [0.2, 0.25) is 0 Å². The number of ether oxygens (including phenoxy) is 1. The van der Waals surface area contributed by atoms with Gasteiger partial charge in [-0.05, 0) is 12.8 Å². The molecule has 0 N–H and O–H groups in total. The van der Waals surface area contributed by atoms with Crippen LogP contribution in [0.2, 0.25) is 0 Å². The van der Waals surface area contributed by atoms with E-state index < -0.39 is 0 Å². The Morgan fingerprint density at radius 1 is 1.75 bits per heavy atom. The van der Waals surface area contributed by atoms with Gasteiger partial charge in [0.15, 0.2) is 0 Å². The van der Waals surface area contributed by atoms with Crippen LogP contribution in [0.1, 0.15) is 12.8 Å². The Labute approximate surface area is 55.4 Å². The summed E-state index contributed by atoms with van der Waals surface area (Å²) in [6, 6.07) is 0. The van der Waals surface area contributed by atoms with Crippen molar-refractivity contribution in [2.24, 2.45) is 0 Å². The first-order valence-corrected chi connectivity index (χ1v) is 3.23. The molecule has 1 heterocycles. The van der Waals surface area contributed by atoms with Crippen LogP contribution in [0.3, 0.4) is 0 Å². The van der Waals surface area contributed by atoms with E-state index in [0.717, 1.165) is 13.0 Å². The fourth-order valence-electron chi connectivity index (χ4n) is 0.960. The van der Waals surface area contributed by atoms with Gasteiger partial charge in [-0.3, -0.25) is 0 Å². The Balaban J connectivity index is 2.30. The number of hydrogen-bond acceptors (Lipinski definition) is 3. The molecule has 0 aliphatic carbocycles. The van der Waals surface area contributed by atoms with Crippen LogP contribution in [-0.2, 0) is 4.74 Å². The molecule has 0 spiro atoms. The third-order valence-corrected chi connectivity index (χ3v) is 1.90. The number of thiol groups is 1. The SMILES string of the molecule is COC1CCCN1S. The van der Waals surface area contributed by atoms with Crippen LogP contribution in [0.4, 0.5) is 0 Å². The van der Waals surface area contributed by atoms with Crippen LogP contribution >= 0.6 is 12.8 Å². The fraction of sp³-hybridized carbons (Fsp3) is 1.00. The first kappa shape index (κ1) is 6.39. The average molecular weight is 133 g/mol. The summed E-state index contributed by atoms with van der Waals surface area (Å²) in [7, 11) is 1.72. The molecule has 0 aromatic rings. The molecular formula is C5H11NOS. The Kier molecular flexibility index (Phi) is 2.16. The van der Waals surface area contributed by atoms with Crippen LogP contribution in [0.5, 0.6) is 0 Å². The standard InChI is InChI=1S/C5H11NOS/c1-7-5-3-2-4-6(5)8/h5,8H,2-4H2,1H3. The lowest BCUT2D eigenvalue weighted by molar-refractivity contribution is 0.0470. The van der Waals surface area contributed by atoms with Crippen LogP contribution in [0.25, 0.3) is 0 Å². The molecular weight excluding hydrogens is 122 g/mol. The number of methoxy groups -OCH3 is 1. The maximum atomic E-state index is 5.07. The second kappa shape index (κ2) is 2.71. The number of rotatable bonds is 1. The van der Waals surface area contributed by atoms with Crippen molar-refractivity contribution in [2.75, 3.05) is 13.7 Å². The van der Waals surface area contributed by atoms with Gasteiger partial charge in [-0.1, -0.05) is 12.8 Å². The first-order chi connectivity index (χ1) is 3.84. The second-order valence-corrected chi connectivity index (χ2v) is 2.51. The summed E-state index contributed by atoms with van der Waals surface area (Å²) < 4.78 is 7.00. The van der Waals surface area contributed by atoms with Gasteiger partial charge in [0.05, 0.1) is 0 Å². The summed E-state index contributed by atoms with van der Waals surface area (Å²) in [6.07, 6.45) is 2.60. The Hall–Kier alpha value is 0.270. The first-order valence-electron chi connectivity index (χ1n) is 2.83. The smallest absolute Gasteiger partial charge is 0.118 e. The molecule has 0 amide bonds. The van der Waals surface area contributed by atoms with Gasteiger partial charge in [-0.25, -0.2) is 4.31 Å². The molecule has 48 valence electrons. The highest BCUT2D eigenvalue weighted by atomic mass is 32.1. The van der Waals surface area contributed by atoms with Crippen molar-refractivity contribution in [3.05, 3.63) is 0 Å². The van der Waals surface area contributed by atoms with Crippen molar-refractivity contribution in [2.45, 2.75) is 19.1 Å². The van der Waals surface area contributed by atoms with Gasteiger partial charge >= 0.3 is 0 Å². The van der Waals surface area contributed by atoms with Crippen LogP contribution in [0.15, 0.2) is 0 Å². The molecule has 0 bridgehead atoms. The zero-order valence-corrected chi connectivity index (χ0v) is 5.90. The minimum Gasteiger partial charge on any atom is -0.366 e. The molecule has 0 aromatic heterocycles. The predicted molar refractivity (Wildman–Crippen MR) is 35.7 cm³/mol. The maximum Gasteiger partial charge on any atom is 0.118 e. The van der Waals surface area contributed by atoms with Crippen LogP contribution in [0, 0.1) is 0 Å². The molecule has 1 fully saturated rings. The van der Waals surface area contributed by atoms with E-state index in [9.17, 15) is 0 Å². The van der Waals surface area contributed by atoms with Crippen LogP contribution < -0.4 is 0 Å². The van der Waals surface area contributed by atoms with Gasteiger partial charge in [0.25, 0.3) is 0 Å². The Bertz CT molecular complexity index is 78.8. The lowest BCUT2D eigenvalue weighted by atomic mass is 10.4. The maximum absolute atomic E-state index is 5.07. The average Bonchev–Trinajstić information content (AvgIpc) is 2.14. The quantitative estimate of drug-likeness (QED) is 0.533. The van der Waals surface area contributed by atoms with Gasteiger partial charge < -0.3 is 4.74 Å². The van der Waals surface area contributed by atoms with Crippen molar-refractivity contribution in [3.8, 4) is 0 Å². The van der Waals surface area contributed by atoms with Crippen molar-refractivity contribution in [1.29, 1.82) is 0 Å². The van der Waals surface area contributed by atoms with E-state index in [0.29, 0.717) is 0 Å². The molecule has 1 aliphatic heterocycles. The van der Waals surface area contributed by atoms with E-state index in [1.54, 1.807) is 7.11 Å². The Morgan fingerprint density at radius 2 is 2.50 bits per heavy atom. The third-order valence-electron chi connectivity index (χ3n) is 1.44. The minimum absolute atomic E-state index is 0.262. The molecule has 1 saturated heterocycles. The van der Waals surface area contributed by atoms with E-state index in [2.05, 4.69) is 12.8 Å². The van der Waals surface area contributed by atoms with E-state index >= 15 is 0 Å². The summed E-state index contributed by atoms with van der Waals surface area (Å²) in [6.45, 7) is 1.06.